The number of carbonyl (C=O) groups is 1. The Kier molecular flexibility index (Phi) is 4.62. The Balaban J connectivity index is 2.54. The van der Waals surface area contributed by atoms with Gasteiger partial charge in [0.25, 0.3) is 0 Å². The largest absolute Gasteiger partial charge is 0.469 e. The number of pyridine rings is 1. The number of halogens is 5. The van der Waals surface area contributed by atoms with E-state index in [1.54, 1.807) is 0 Å². The number of aromatic nitrogens is 3. The van der Waals surface area contributed by atoms with E-state index in [0.29, 0.717) is 0 Å². The molecule has 0 fully saturated rings. The first kappa shape index (κ1) is 16.6. The Morgan fingerprint density at radius 3 is 2.68 bits per heavy atom. The van der Waals surface area contributed by atoms with Crippen LogP contribution in [0.1, 0.15) is 11.4 Å². The average Bonchev–Trinajstić information content (AvgIpc) is 2.85. The van der Waals surface area contributed by atoms with Gasteiger partial charge in [0, 0.05) is 6.07 Å². The fraction of sp³-hybridized carbons (Fsp3) is 0.250. The molecule has 0 unspecified atom stereocenters. The van der Waals surface area contributed by atoms with Gasteiger partial charge in [-0.2, -0.15) is 13.9 Å². The highest BCUT2D eigenvalue weighted by atomic mass is 35.5. The SMILES string of the molecule is COC(=O)Cc1cc(C(F)(F)Cl)nn1-c1cnc(Cl)c(F)c1. The second kappa shape index (κ2) is 6.13. The summed E-state index contributed by atoms with van der Waals surface area (Å²) in [4.78, 5) is 14.9. The molecule has 0 saturated carbocycles. The van der Waals surface area contributed by atoms with E-state index in [4.69, 9.17) is 23.2 Å². The predicted octanol–water partition coefficient (Wildman–Crippen LogP) is 3.06. The molecule has 10 heteroatoms. The van der Waals surface area contributed by atoms with Crippen molar-refractivity contribution in [2.45, 2.75) is 11.8 Å². The van der Waals surface area contributed by atoms with Gasteiger partial charge < -0.3 is 4.74 Å². The number of esters is 1. The van der Waals surface area contributed by atoms with Crippen LogP contribution < -0.4 is 0 Å². The van der Waals surface area contributed by atoms with Crippen LogP contribution in [0, 0.1) is 5.82 Å². The van der Waals surface area contributed by atoms with Crippen LogP contribution >= 0.6 is 23.2 Å². The highest BCUT2D eigenvalue weighted by molar-refractivity contribution is 6.29. The van der Waals surface area contributed by atoms with Crippen molar-refractivity contribution in [2.24, 2.45) is 0 Å². The highest BCUT2D eigenvalue weighted by Gasteiger charge is 2.33. The first-order valence-corrected chi connectivity index (χ1v) is 6.52. The van der Waals surface area contributed by atoms with Crippen molar-refractivity contribution >= 4 is 29.2 Å². The van der Waals surface area contributed by atoms with Gasteiger partial charge in [-0.25, -0.2) is 14.1 Å². The molecular formula is C12H8Cl2F3N3O2. The maximum Gasteiger partial charge on any atom is 0.366 e. The normalized spacial score (nSPS) is 11.5. The van der Waals surface area contributed by atoms with Gasteiger partial charge in [0.15, 0.2) is 11.0 Å². The van der Waals surface area contributed by atoms with Crippen LogP contribution in [0.4, 0.5) is 13.2 Å². The molecule has 2 aromatic heterocycles. The predicted molar refractivity (Wildman–Crippen MR) is 71.8 cm³/mol. The van der Waals surface area contributed by atoms with Crippen molar-refractivity contribution in [1.29, 1.82) is 0 Å². The molecule has 0 saturated heterocycles. The smallest absolute Gasteiger partial charge is 0.366 e. The molecule has 0 amide bonds. The minimum atomic E-state index is -3.74. The zero-order valence-electron chi connectivity index (χ0n) is 11.0. The van der Waals surface area contributed by atoms with Crippen LogP contribution in [0.25, 0.3) is 5.69 Å². The molecule has 118 valence electrons. The summed E-state index contributed by atoms with van der Waals surface area (Å²) in [6, 6.07) is 1.87. The molecule has 0 aliphatic carbocycles. The van der Waals surface area contributed by atoms with Gasteiger partial charge in [-0.1, -0.05) is 11.6 Å². The first-order chi connectivity index (χ1) is 10.2. The summed E-state index contributed by atoms with van der Waals surface area (Å²) in [5.74, 6) is -1.55. The summed E-state index contributed by atoms with van der Waals surface area (Å²) in [7, 11) is 1.14. The third-order valence-electron chi connectivity index (χ3n) is 2.65. The third kappa shape index (κ3) is 3.50. The summed E-state index contributed by atoms with van der Waals surface area (Å²) >= 11 is 10.4. The lowest BCUT2D eigenvalue weighted by atomic mass is 10.2. The molecule has 0 spiro atoms. The Morgan fingerprint density at radius 2 is 2.14 bits per heavy atom. The molecule has 0 bridgehead atoms. The topological polar surface area (TPSA) is 57.0 Å². The van der Waals surface area contributed by atoms with E-state index >= 15 is 0 Å². The molecule has 2 rings (SSSR count). The molecule has 0 atom stereocenters. The van der Waals surface area contributed by atoms with Gasteiger partial charge in [0.2, 0.25) is 0 Å². The Morgan fingerprint density at radius 1 is 1.45 bits per heavy atom. The summed E-state index contributed by atoms with van der Waals surface area (Å²) in [5, 5.41) is -0.536. The number of nitrogens with zero attached hydrogens (tertiary/aromatic N) is 3. The standard InChI is InChI=1S/C12H8Cl2F3N3O2/c1-22-10(21)4-6-3-9(12(14,16)17)19-20(6)7-2-8(15)11(13)18-5-7/h2-3,5H,4H2,1H3. The van der Waals surface area contributed by atoms with Gasteiger partial charge in [-0.3, -0.25) is 4.79 Å². The van der Waals surface area contributed by atoms with Gasteiger partial charge >= 0.3 is 11.4 Å². The van der Waals surface area contributed by atoms with Crippen molar-refractivity contribution < 1.29 is 22.7 Å². The molecule has 0 aromatic carbocycles. The number of alkyl halides is 3. The summed E-state index contributed by atoms with van der Waals surface area (Å²) < 4.78 is 45.2. The van der Waals surface area contributed by atoms with Gasteiger partial charge in [-0.15, -0.1) is 0 Å². The summed E-state index contributed by atoms with van der Waals surface area (Å²) in [6.45, 7) is 0. The quantitative estimate of drug-likeness (QED) is 0.481. The lowest BCUT2D eigenvalue weighted by molar-refractivity contribution is -0.139. The number of hydrogen-bond acceptors (Lipinski definition) is 4. The molecule has 0 aliphatic rings. The summed E-state index contributed by atoms with van der Waals surface area (Å²) in [6.07, 6.45) is 0.760. The van der Waals surface area contributed by atoms with E-state index in [9.17, 15) is 18.0 Å². The Bertz CT molecular complexity index is 716. The van der Waals surface area contributed by atoms with Crippen LogP contribution in [0.2, 0.25) is 5.15 Å². The fourth-order valence-corrected chi connectivity index (χ4v) is 1.85. The molecule has 0 aliphatic heterocycles. The summed E-state index contributed by atoms with van der Waals surface area (Å²) in [5.41, 5.74) is -0.748. The van der Waals surface area contributed by atoms with Gasteiger partial charge in [0.05, 0.1) is 31.1 Å². The van der Waals surface area contributed by atoms with Crippen LogP contribution in [-0.4, -0.2) is 27.8 Å². The van der Waals surface area contributed by atoms with E-state index in [0.717, 1.165) is 30.1 Å². The maximum atomic E-state index is 13.5. The average molecular weight is 354 g/mol. The molecule has 2 heterocycles. The van der Waals surface area contributed by atoms with Crippen LogP contribution in [0.3, 0.4) is 0 Å². The third-order valence-corrected chi connectivity index (χ3v) is 3.12. The minimum absolute atomic E-state index is 0.00738. The zero-order chi connectivity index (χ0) is 16.5. The molecular weight excluding hydrogens is 346 g/mol. The van der Waals surface area contributed by atoms with Crippen LogP contribution in [0.15, 0.2) is 18.3 Å². The van der Waals surface area contributed by atoms with Gasteiger partial charge in [-0.05, 0) is 17.7 Å². The number of hydrogen-bond donors (Lipinski definition) is 0. The fourth-order valence-electron chi connectivity index (χ4n) is 1.65. The van der Waals surface area contributed by atoms with E-state index in [2.05, 4.69) is 14.8 Å². The molecule has 22 heavy (non-hydrogen) atoms. The molecule has 0 N–H and O–H groups in total. The number of methoxy groups -OCH3 is 1. The zero-order valence-corrected chi connectivity index (χ0v) is 12.5. The molecule has 5 nitrogen and oxygen atoms in total. The van der Waals surface area contributed by atoms with Crippen molar-refractivity contribution in [1.82, 2.24) is 14.8 Å². The van der Waals surface area contributed by atoms with Crippen molar-refractivity contribution in [2.75, 3.05) is 7.11 Å². The Hall–Kier alpha value is -1.80. The number of ether oxygens (including phenoxy) is 1. The lowest BCUT2D eigenvalue weighted by Gasteiger charge is -2.07. The van der Waals surface area contributed by atoms with Crippen molar-refractivity contribution in [3.05, 3.63) is 40.7 Å². The Labute approximate surface area is 132 Å². The highest BCUT2D eigenvalue weighted by Crippen LogP contribution is 2.32. The van der Waals surface area contributed by atoms with Gasteiger partial charge in [0.1, 0.15) is 5.69 Å². The van der Waals surface area contributed by atoms with Crippen LogP contribution in [-0.2, 0) is 21.3 Å². The van der Waals surface area contributed by atoms with E-state index < -0.39 is 22.9 Å². The van der Waals surface area contributed by atoms with Crippen molar-refractivity contribution in [3.8, 4) is 5.69 Å². The van der Waals surface area contributed by atoms with E-state index in [-0.39, 0.29) is 23.0 Å². The monoisotopic (exact) mass is 353 g/mol. The van der Waals surface area contributed by atoms with Crippen molar-refractivity contribution in [3.63, 3.8) is 0 Å². The minimum Gasteiger partial charge on any atom is -0.469 e. The number of carbonyl (C=O) groups excluding carboxylic acids is 1. The maximum absolute atomic E-state index is 13.5. The molecule has 0 radical (unpaired) electrons. The second-order valence-electron chi connectivity index (χ2n) is 4.15. The second-order valence-corrected chi connectivity index (χ2v) is 4.98. The molecule has 2 aromatic rings. The first-order valence-electron chi connectivity index (χ1n) is 5.76. The van der Waals surface area contributed by atoms with E-state index in [1.807, 2.05) is 0 Å². The van der Waals surface area contributed by atoms with Crippen LogP contribution in [0.5, 0.6) is 0 Å². The lowest BCUT2D eigenvalue weighted by Crippen LogP contribution is -2.11. The number of rotatable bonds is 4. The van der Waals surface area contributed by atoms with E-state index in [1.165, 1.54) is 0 Å².